The minimum Gasteiger partial charge on any atom is -0.469 e. The number of esters is 1. The molecule has 0 bridgehead atoms. The number of methoxy groups -OCH3 is 1. The fraction of sp³-hybridized carbons (Fsp3) is 0.400. The zero-order valence-corrected chi connectivity index (χ0v) is 9.80. The van der Waals surface area contributed by atoms with Gasteiger partial charge in [0, 0.05) is 5.56 Å². The van der Waals surface area contributed by atoms with Gasteiger partial charge in [-0.2, -0.15) is 0 Å². The SMILES string of the molecule is COC(=O)Cc1c(OC(F)(F)F)ncc(F)c1C(F)F. The molecular formula is C10H7F6NO3. The van der Waals surface area contributed by atoms with E-state index >= 15 is 0 Å². The molecule has 0 amide bonds. The average Bonchev–Trinajstić information content (AvgIpc) is 2.30. The number of carbonyl (C=O) groups excluding carboxylic acids is 1. The van der Waals surface area contributed by atoms with Gasteiger partial charge >= 0.3 is 12.3 Å². The number of carbonyl (C=O) groups is 1. The quantitative estimate of drug-likeness (QED) is 0.634. The topological polar surface area (TPSA) is 48.4 Å². The molecule has 1 rings (SSSR count). The summed E-state index contributed by atoms with van der Waals surface area (Å²) < 4.78 is 82.5. The van der Waals surface area contributed by atoms with Crippen LogP contribution < -0.4 is 4.74 Å². The molecular weight excluding hydrogens is 296 g/mol. The van der Waals surface area contributed by atoms with Crippen molar-refractivity contribution in [3.8, 4) is 5.88 Å². The second kappa shape index (κ2) is 5.97. The van der Waals surface area contributed by atoms with Crippen molar-refractivity contribution in [1.82, 2.24) is 4.98 Å². The Kier molecular flexibility index (Phi) is 4.79. The lowest BCUT2D eigenvalue weighted by Gasteiger charge is -2.15. The molecule has 4 nitrogen and oxygen atoms in total. The molecule has 10 heteroatoms. The van der Waals surface area contributed by atoms with Crippen LogP contribution in [0.5, 0.6) is 5.88 Å². The van der Waals surface area contributed by atoms with Crippen molar-refractivity contribution in [2.45, 2.75) is 19.2 Å². The average molecular weight is 303 g/mol. The van der Waals surface area contributed by atoms with E-state index in [9.17, 15) is 31.1 Å². The van der Waals surface area contributed by atoms with Gasteiger partial charge in [0.2, 0.25) is 5.88 Å². The summed E-state index contributed by atoms with van der Waals surface area (Å²) in [4.78, 5) is 14.0. The second-order valence-corrected chi connectivity index (χ2v) is 3.40. The maximum absolute atomic E-state index is 13.2. The van der Waals surface area contributed by atoms with E-state index in [1.165, 1.54) is 0 Å². The van der Waals surface area contributed by atoms with Crippen molar-refractivity contribution in [3.63, 3.8) is 0 Å². The van der Waals surface area contributed by atoms with Crippen LogP contribution in [-0.4, -0.2) is 24.4 Å². The van der Waals surface area contributed by atoms with Crippen molar-refractivity contribution >= 4 is 5.97 Å². The van der Waals surface area contributed by atoms with E-state index < -0.39 is 48.0 Å². The number of nitrogens with zero attached hydrogens (tertiary/aromatic N) is 1. The molecule has 0 fully saturated rings. The summed E-state index contributed by atoms with van der Waals surface area (Å²) in [6, 6.07) is 0. The number of alkyl halides is 5. The zero-order valence-electron chi connectivity index (χ0n) is 9.80. The Morgan fingerprint density at radius 3 is 2.45 bits per heavy atom. The Balaban J connectivity index is 3.36. The molecule has 0 aliphatic heterocycles. The highest BCUT2D eigenvalue weighted by molar-refractivity contribution is 5.73. The number of halogens is 6. The molecule has 0 N–H and O–H groups in total. The van der Waals surface area contributed by atoms with Crippen LogP contribution in [0.4, 0.5) is 26.3 Å². The number of pyridine rings is 1. The van der Waals surface area contributed by atoms with E-state index in [4.69, 9.17) is 0 Å². The van der Waals surface area contributed by atoms with E-state index in [1.807, 2.05) is 0 Å². The Morgan fingerprint density at radius 2 is 2.00 bits per heavy atom. The van der Waals surface area contributed by atoms with E-state index in [0.29, 0.717) is 0 Å². The zero-order chi connectivity index (χ0) is 15.5. The van der Waals surface area contributed by atoms with Gasteiger partial charge in [-0.25, -0.2) is 18.2 Å². The molecule has 0 saturated carbocycles. The monoisotopic (exact) mass is 303 g/mol. The van der Waals surface area contributed by atoms with Crippen LogP contribution in [0, 0.1) is 5.82 Å². The third-order valence-electron chi connectivity index (χ3n) is 2.12. The van der Waals surface area contributed by atoms with Crippen LogP contribution in [0.2, 0.25) is 0 Å². The van der Waals surface area contributed by atoms with Gasteiger partial charge in [0.05, 0.1) is 25.3 Å². The number of ether oxygens (including phenoxy) is 2. The van der Waals surface area contributed by atoms with Crippen LogP contribution in [0.15, 0.2) is 6.20 Å². The minimum atomic E-state index is -5.23. The Morgan fingerprint density at radius 1 is 1.40 bits per heavy atom. The number of hydrogen-bond donors (Lipinski definition) is 0. The molecule has 1 aromatic rings. The van der Waals surface area contributed by atoms with Gasteiger partial charge in [-0.05, 0) is 0 Å². The van der Waals surface area contributed by atoms with Gasteiger partial charge in [-0.1, -0.05) is 0 Å². The summed E-state index contributed by atoms with van der Waals surface area (Å²) >= 11 is 0. The summed E-state index contributed by atoms with van der Waals surface area (Å²) in [6.07, 6.45) is -9.56. The maximum atomic E-state index is 13.2. The largest absolute Gasteiger partial charge is 0.574 e. The van der Waals surface area contributed by atoms with Crippen molar-refractivity contribution in [2.24, 2.45) is 0 Å². The second-order valence-electron chi connectivity index (χ2n) is 3.40. The van der Waals surface area contributed by atoms with Crippen molar-refractivity contribution in [3.05, 3.63) is 23.1 Å². The maximum Gasteiger partial charge on any atom is 0.574 e. The van der Waals surface area contributed by atoms with E-state index in [-0.39, 0.29) is 6.20 Å². The summed E-state index contributed by atoms with van der Waals surface area (Å²) in [5.74, 6) is -4.01. The molecule has 0 aliphatic rings. The van der Waals surface area contributed by atoms with E-state index in [1.54, 1.807) is 0 Å². The molecule has 0 aliphatic carbocycles. The first-order valence-corrected chi connectivity index (χ1v) is 4.93. The molecule has 0 atom stereocenters. The lowest BCUT2D eigenvalue weighted by molar-refractivity contribution is -0.276. The van der Waals surface area contributed by atoms with Crippen LogP contribution in [0.25, 0.3) is 0 Å². The highest BCUT2D eigenvalue weighted by Gasteiger charge is 2.35. The first-order chi connectivity index (χ1) is 9.15. The predicted octanol–water partition coefficient (Wildman–Crippen LogP) is 2.77. The standard InChI is InChI=1S/C10H7F6NO3/c1-19-6(18)2-4-7(8(12)13)5(11)3-17-9(4)20-10(14,15)16/h3,8H,2H2,1H3. The molecule has 0 unspecified atom stereocenters. The molecule has 0 spiro atoms. The molecule has 0 saturated heterocycles. The predicted molar refractivity (Wildman–Crippen MR) is 51.6 cm³/mol. The van der Waals surface area contributed by atoms with Gasteiger partial charge in [0.15, 0.2) is 5.82 Å². The highest BCUT2D eigenvalue weighted by Crippen LogP contribution is 2.33. The Bertz CT molecular complexity index is 503. The smallest absolute Gasteiger partial charge is 0.469 e. The third-order valence-corrected chi connectivity index (χ3v) is 2.12. The van der Waals surface area contributed by atoms with Crippen LogP contribution >= 0.6 is 0 Å². The van der Waals surface area contributed by atoms with Gasteiger partial charge in [-0.3, -0.25) is 4.79 Å². The van der Waals surface area contributed by atoms with E-state index in [0.717, 1.165) is 7.11 Å². The van der Waals surface area contributed by atoms with Crippen molar-refractivity contribution in [1.29, 1.82) is 0 Å². The van der Waals surface area contributed by atoms with Gasteiger partial charge in [0.25, 0.3) is 6.43 Å². The molecule has 1 heterocycles. The summed E-state index contributed by atoms with van der Waals surface area (Å²) in [5.41, 5.74) is -2.39. The third kappa shape index (κ3) is 4.00. The first kappa shape index (κ1) is 16.1. The van der Waals surface area contributed by atoms with Crippen LogP contribution in [0.1, 0.15) is 17.6 Å². The fourth-order valence-corrected chi connectivity index (χ4v) is 1.34. The highest BCUT2D eigenvalue weighted by atomic mass is 19.4. The summed E-state index contributed by atoms with van der Waals surface area (Å²) in [6.45, 7) is 0. The molecule has 0 aromatic carbocycles. The lowest BCUT2D eigenvalue weighted by atomic mass is 10.1. The van der Waals surface area contributed by atoms with E-state index in [2.05, 4.69) is 14.5 Å². The van der Waals surface area contributed by atoms with Crippen molar-refractivity contribution in [2.75, 3.05) is 7.11 Å². The van der Waals surface area contributed by atoms with Crippen LogP contribution in [-0.2, 0) is 16.0 Å². The number of rotatable bonds is 4. The molecule has 112 valence electrons. The van der Waals surface area contributed by atoms with Gasteiger partial charge in [0.1, 0.15) is 0 Å². The van der Waals surface area contributed by atoms with Gasteiger partial charge in [-0.15, -0.1) is 13.2 Å². The summed E-state index contributed by atoms with van der Waals surface area (Å²) in [7, 11) is 0.890. The molecule has 20 heavy (non-hydrogen) atoms. The number of aromatic nitrogens is 1. The lowest BCUT2D eigenvalue weighted by Crippen LogP contribution is -2.21. The fourth-order valence-electron chi connectivity index (χ4n) is 1.34. The normalized spacial score (nSPS) is 11.6. The number of hydrogen-bond acceptors (Lipinski definition) is 4. The molecule has 0 radical (unpaired) electrons. The Hall–Kier alpha value is -2.00. The van der Waals surface area contributed by atoms with Gasteiger partial charge < -0.3 is 9.47 Å². The summed E-state index contributed by atoms with van der Waals surface area (Å²) in [5, 5.41) is 0. The first-order valence-electron chi connectivity index (χ1n) is 4.93. The minimum absolute atomic E-state index is 0.156. The van der Waals surface area contributed by atoms with Crippen molar-refractivity contribution < 1.29 is 40.6 Å². The Labute approximate surface area is 108 Å². The molecule has 1 aromatic heterocycles. The van der Waals surface area contributed by atoms with Crippen LogP contribution in [0.3, 0.4) is 0 Å².